The number of hydrogen-bond acceptors (Lipinski definition) is 3. The van der Waals surface area contributed by atoms with Crippen LogP contribution >= 0.6 is 0 Å². The van der Waals surface area contributed by atoms with Gasteiger partial charge in [0.1, 0.15) is 5.75 Å². The molecule has 0 saturated heterocycles. The number of benzene rings is 3. The quantitative estimate of drug-likeness (QED) is 0.595. The van der Waals surface area contributed by atoms with Crippen molar-refractivity contribution >= 4 is 11.9 Å². The standard InChI is InChI=1S/C24H23NO4/c26-21-15-8-7-14-20(21)24(29)25(17-9-16-22(27)28)23(18-10-3-1-4-11-18)19-12-5-2-6-13-19/h1-8,10-15,23,26H,9,16-17H2,(H,27,28). The van der Waals surface area contributed by atoms with Gasteiger partial charge in [0.25, 0.3) is 5.91 Å². The van der Waals surface area contributed by atoms with Crippen molar-refractivity contribution in [3.8, 4) is 5.75 Å². The van der Waals surface area contributed by atoms with Crippen LogP contribution in [0.4, 0.5) is 0 Å². The molecule has 0 unspecified atom stereocenters. The fourth-order valence-electron chi connectivity index (χ4n) is 3.38. The van der Waals surface area contributed by atoms with Gasteiger partial charge in [0.15, 0.2) is 0 Å². The van der Waals surface area contributed by atoms with Gasteiger partial charge < -0.3 is 15.1 Å². The molecule has 0 bridgehead atoms. The molecule has 29 heavy (non-hydrogen) atoms. The van der Waals surface area contributed by atoms with Crippen molar-refractivity contribution < 1.29 is 19.8 Å². The summed E-state index contributed by atoms with van der Waals surface area (Å²) in [6.45, 7) is 0.244. The number of carbonyl (C=O) groups is 2. The molecule has 0 fully saturated rings. The van der Waals surface area contributed by atoms with Crippen LogP contribution in [0.1, 0.15) is 40.4 Å². The molecule has 0 saturated carbocycles. The smallest absolute Gasteiger partial charge is 0.303 e. The Kier molecular flexibility index (Phi) is 6.63. The fraction of sp³-hybridized carbons (Fsp3) is 0.167. The minimum absolute atomic E-state index is 0.0408. The first-order valence-corrected chi connectivity index (χ1v) is 9.48. The van der Waals surface area contributed by atoms with Crippen LogP contribution in [-0.2, 0) is 4.79 Å². The Labute approximate surface area is 169 Å². The van der Waals surface area contributed by atoms with E-state index in [1.165, 1.54) is 6.07 Å². The van der Waals surface area contributed by atoms with E-state index in [1.54, 1.807) is 23.1 Å². The Bertz CT molecular complexity index is 917. The molecule has 3 aromatic rings. The third kappa shape index (κ3) is 5.02. The first-order chi connectivity index (χ1) is 14.1. The highest BCUT2D eigenvalue weighted by molar-refractivity contribution is 5.97. The number of carbonyl (C=O) groups excluding carboxylic acids is 1. The van der Waals surface area contributed by atoms with Crippen molar-refractivity contribution in [2.45, 2.75) is 18.9 Å². The molecule has 3 rings (SSSR count). The monoisotopic (exact) mass is 389 g/mol. The zero-order valence-electron chi connectivity index (χ0n) is 15.9. The molecule has 0 atom stereocenters. The molecule has 0 aliphatic carbocycles. The molecular weight excluding hydrogens is 366 g/mol. The van der Waals surface area contributed by atoms with E-state index in [4.69, 9.17) is 5.11 Å². The summed E-state index contributed by atoms with van der Waals surface area (Å²) in [7, 11) is 0. The first kappa shape index (κ1) is 20.1. The normalized spacial score (nSPS) is 10.7. The van der Waals surface area contributed by atoms with Crippen molar-refractivity contribution in [1.29, 1.82) is 0 Å². The van der Waals surface area contributed by atoms with Crippen molar-refractivity contribution in [3.63, 3.8) is 0 Å². The SMILES string of the molecule is O=C(O)CCCN(C(=O)c1ccccc1O)C(c1ccccc1)c1ccccc1. The lowest BCUT2D eigenvalue weighted by atomic mass is 9.95. The molecule has 0 aliphatic rings. The number of carboxylic acid groups (broad SMARTS) is 1. The summed E-state index contributed by atoms with van der Waals surface area (Å²) in [4.78, 5) is 26.1. The number of phenols is 1. The number of para-hydroxylation sites is 1. The molecular formula is C24H23NO4. The zero-order chi connectivity index (χ0) is 20.6. The third-order valence-electron chi connectivity index (χ3n) is 4.73. The van der Waals surface area contributed by atoms with Crippen LogP contribution in [0.25, 0.3) is 0 Å². The van der Waals surface area contributed by atoms with Gasteiger partial charge in [-0.1, -0.05) is 72.8 Å². The number of rotatable bonds is 8. The Morgan fingerprint density at radius 2 is 1.31 bits per heavy atom. The molecule has 0 aliphatic heterocycles. The van der Waals surface area contributed by atoms with Crippen LogP contribution in [-0.4, -0.2) is 33.5 Å². The highest BCUT2D eigenvalue weighted by atomic mass is 16.4. The Morgan fingerprint density at radius 1 is 0.793 bits per heavy atom. The van der Waals surface area contributed by atoms with E-state index in [9.17, 15) is 14.7 Å². The second-order valence-electron chi connectivity index (χ2n) is 6.74. The maximum Gasteiger partial charge on any atom is 0.303 e. The molecule has 2 N–H and O–H groups in total. The highest BCUT2D eigenvalue weighted by Gasteiger charge is 2.28. The van der Waals surface area contributed by atoms with Gasteiger partial charge in [-0.3, -0.25) is 9.59 Å². The van der Waals surface area contributed by atoms with Crippen LogP contribution in [0.15, 0.2) is 84.9 Å². The summed E-state index contributed by atoms with van der Waals surface area (Å²) < 4.78 is 0. The van der Waals surface area contributed by atoms with E-state index in [0.717, 1.165) is 11.1 Å². The van der Waals surface area contributed by atoms with E-state index < -0.39 is 12.0 Å². The van der Waals surface area contributed by atoms with E-state index >= 15 is 0 Å². The number of aromatic hydroxyl groups is 1. The molecule has 0 heterocycles. The Balaban J connectivity index is 2.06. The molecule has 5 nitrogen and oxygen atoms in total. The summed E-state index contributed by atoms with van der Waals surface area (Å²) in [6.07, 6.45) is 0.270. The maximum atomic E-state index is 13.4. The Hall–Kier alpha value is -3.60. The predicted molar refractivity (Wildman–Crippen MR) is 111 cm³/mol. The summed E-state index contributed by atoms with van der Waals surface area (Å²) in [5.74, 6) is -1.34. The Morgan fingerprint density at radius 3 is 1.83 bits per heavy atom. The number of amides is 1. The summed E-state index contributed by atoms with van der Waals surface area (Å²) >= 11 is 0. The van der Waals surface area contributed by atoms with Crippen molar-refractivity contribution in [2.75, 3.05) is 6.54 Å². The molecule has 5 heteroatoms. The van der Waals surface area contributed by atoms with Crippen LogP contribution in [0.5, 0.6) is 5.75 Å². The lowest BCUT2D eigenvalue weighted by Crippen LogP contribution is -2.36. The number of carboxylic acids is 1. The van der Waals surface area contributed by atoms with Gasteiger partial charge in [0.2, 0.25) is 0 Å². The van der Waals surface area contributed by atoms with E-state index in [1.807, 2.05) is 60.7 Å². The van der Waals surface area contributed by atoms with Gasteiger partial charge in [-0.15, -0.1) is 0 Å². The van der Waals surface area contributed by atoms with Crippen LogP contribution in [0, 0.1) is 0 Å². The minimum Gasteiger partial charge on any atom is -0.507 e. The lowest BCUT2D eigenvalue weighted by molar-refractivity contribution is -0.137. The topological polar surface area (TPSA) is 77.8 Å². The van der Waals surface area contributed by atoms with Gasteiger partial charge in [-0.05, 0) is 29.7 Å². The van der Waals surface area contributed by atoms with Crippen LogP contribution in [0.2, 0.25) is 0 Å². The molecule has 0 aromatic heterocycles. The van der Waals surface area contributed by atoms with Gasteiger partial charge in [0, 0.05) is 13.0 Å². The van der Waals surface area contributed by atoms with E-state index in [2.05, 4.69) is 0 Å². The maximum absolute atomic E-state index is 13.4. The second kappa shape index (κ2) is 9.55. The number of phenolic OH excluding ortho intramolecular Hbond substituents is 1. The van der Waals surface area contributed by atoms with Crippen LogP contribution < -0.4 is 0 Å². The molecule has 0 spiro atoms. The summed E-state index contributed by atoms with van der Waals surface area (Å²) in [5.41, 5.74) is 2.02. The number of nitrogens with zero attached hydrogens (tertiary/aromatic N) is 1. The first-order valence-electron chi connectivity index (χ1n) is 9.48. The van der Waals surface area contributed by atoms with Crippen molar-refractivity contribution in [2.24, 2.45) is 0 Å². The summed E-state index contributed by atoms with van der Waals surface area (Å²) in [5, 5.41) is 19.3. The number of hydrogen-bond donors (Lipinski definition) is 2. The minimum atomic E-state index is -0.907. The molecule has 0 radical (unpaired) electrons. The lowest BCUT2D eigenvalue weighted by Gasteiger charge is -2.33. The average Bonchev–Trinajstić information content (AvgIpc) is 2.74. The average molecular weight is 389 g/mol. The summed E-state index contributed by atoms with van der Waals surface area (Å²) in [6, 6.07) is 25.2. The highest BCUT2D eigenvalue weighted by Crippen LogP contribution is 2.31. The van der Waals surface area contributed by atoms with Gasteiger partial charge in [0.05, 0.1) is 11.6 Å². The largest absolute Gasteiger partial charge is 0.507 e. The van der Waals surface area contributed by atoms with Gasteiger partial charge in [-0.25, -0.2) is 0 Å². The van der Waals surface area contributed by atoms with E-state index in [0.29, 0.717) is 6.42 Å². The van der Waals surface area contributed by atoms with Gasteiger partial charge >= 0.3 is 5.97 Å². The van der Waals surface area contributed by atoms with Gasteiger partial charge in [-0.2, -0.15) is 0 Å². The fourth-order valence-corrected chi connectivity index (χ4v) is 3.38. The molecule has 148 valence electrons. The van der Waals surface area contributed by atoms with Crippen molar-refractivity contribution in [3.05, 3.63) is 102 Å². The number of aliphatic carboxylic acids is 1. The van der Waals surface area contributed by atoms with Crippen LogP contribution in [0.3, 0.4) is 0 Å². The third-order valence-corrected chi connectivity index (χ3v) is 4.73. The predicted octanol–water partition coefficient (Wildman–Crippen LogP) is 4.49. The zero-order valence-corrected chi connectivity index (χ0v) is 15.9. The molecule has 1 amide bonds. The molecule has 3 aromatic carbocycles. The van der Waals surface area contributed by atoms with Crippen molar-refractivity contribution in [1.82, 2.24) is 4.90 Å². The van der Waals surface area contributed by atoms with E-state index in [-0.39, 0.29) is 30.2 Å². The second-order valence-corrected chi connectivity index (χ2v) is 6.74.